The highest BCUT2D eigenvalue weighted by Gasteiger charge is 2.12. The standard InChI is InChI=1S/C22H23N5O3/c1-3-15-4-6-17(7-5-15)21(29)27-26-19(28)9-8-18-14(2)24-20(25-22(18)30)16-10-12-23-13-11-16/h4-7,10-13H,3,8-9H2,1-2H3,(H,26,28)(H,27,29)(H,24,25,30). The number of hydrogen-bond donors (Lipinski definition) is 3. The van der Waals surface area contributed by atoms with Crippen LogP contribution in [0.5, 0.6) is 0 Å². The van der Waals surface area contributed by atoms with E-state index in [0.29, 0.717) is 22.6 Å². The van der Waals surface area contributed by atoms with Crippen LogP contribution in [0.3, 0.4) is 0 Å². The van der Waals surface area contributed by atoms with Crippen LogP contribution in [0.25, 0.3) is 11.4 Å². The average molecular weight is 405 g/mol. The third kappa shape index (κ3) is 5.16. The number of aromatic amines is 1. The first kappa shape index (κ1) is 20.9. The number of carbonyl (C=O) groups excluding carboxylic acids is 2. The summed E-state index contributed by atoms with van der Waals surface area (Å²) in [4.78, 5) is 47.8. The van der Waals surface area contributed by atoms with E-state index in [1.165, 1.54) is 0 Å². The molecule has 0 bridgehead atoms. The minimum Gasteiger partial charge on any atom is -0.306 e. The molecule has 0 fully saturated rings. The molecule has 0 spiro atoms. The number of nitrogens with one attached hydrogen (secondary N) is 3. The predicted molar refractivity (Wildman–Crippen MR) is 113 cm³/mol. The van der Waals surface area contributed by atoms with Crippen LogP contribution in [-0.4, -0.2) is 26.8 Å². The van der Waals surface area contributed by atoms with Crippen molar-refractivity contribution in [2.45, 2.75) is 33.1 Å². The van der Waals surface area contributed by atoms with Gasteiger partial charge in [0, 0.05) is 41.2 Å². The van der Waals surface area contributed by atoms with Crippen LogP contribution in [0, 0.1) is 6.92 Å². The molecular weight excluding hydrogens is 382 g/mol. The Morgan fingerprint density at radius 1 is 1.03 bits per heavy atom. The number of H-pyrrole nitrogens is 1. The molecular formula is C22H23N5O3. The lowest BCUT2D eigenvalue weighted by molar-refractivity contribution is -0.121. The van der Waals surface area contributed by atoms with E-state index in [0.717, 1.165) is 17.5 Å². The summed E-state index contributed by atoms with van der Waals surface area (Å²) < 4.78 is 0. The van der Waals surface area contributed by atoms with Gasteiger partial charge >= 0.3 is 0 Å². The van der Waals surface area contributed by atoms with E-state index in [9.17, 15) is 14.4 Å². The van der Waals surface area contributed by atoms with Crippen LogP contribution >= 0.6 is 0 Å². The van der Waals surface area contributed by atoms with Gasteiger partial charge in [0.05, 0.1) is 0 Å². The number of aromatic nitrogens is 3. The quantitative estimate of drug-likeness (QED) is 0.543. The smallest absolute Gasteiger partial charge is 0.269 e. The molecule has 30 heavy (non-hydrogen) atoms. The van der Waals surface area contributed by atoms with E-state index in [4.69, 9.17) is 0 Å². The molecule has 0 aliphatic heterocycles. The van der Waals surface area contributed by atoms with Crippen LogP contribution in [0.1, 0.15) is 40.5 Å². The Bertz CT molecular complexity index is 1090. The van der Waals surface area contributed by atoms with Gasteiger partial charge in [0.25, 0.3) is 11.5 Å². The summed E-state index contributed by atoms with van der Waals surface area (Å²) in [5.41, 5.74) is 7.80. The lowest BCUT2D eigenvalue weighted by atomic mass is 10.1. The maximum absolute atomic E-state index is 12.4. The van der Waals surface area contributed by atoms with Crippen LogP contribution in [-0.2, 0) is 17.6 Å². The van der Waals surface area contributed by atoms with E-state index in [1.807, 2.05) is 19.1 Å². The zero-order valence-corrected chi connectivity index (χ0v) is 16.9. The Balaban J connectivity index is 1.56. The van der Waals surface area contributed by atoms with Gasteiger partial charge in [0.1, 0.15) is 5.82 Å². The van der Waals surface area contributed by atoms with E-state index < -0.39 is 11.8 Å². The van der Waals surface area contributed by atoms with Crippen LogP contribution < -0.4 is 16.4 Å². The minimum atomic E-state index is -0.400. The molecule has 154 valence electrons. The second-order valence-electron chi connectivity index (χ2n) is 6.77. The average Bonchev–Trinajstić information content (AvgIpc) is 2.77. The van der Waals surface area contributed by atoms with E-state index in [2.05, 4.69) is 25.8 Å². The highest BCUT2D eigenvalue weighted by Crippen LogP contribution is 2.13. The monoisotopic (exact) mass is 405 g/mol. The number of rotatable bonds is 6. The van der Waals surface area contributed by atoms with Crippen molar-refractivity contribution in [2.24, 2.45) is 0 Å². The Morgan fingerprint density at radius 3 is 2.37 bits per heavy atom. The van der Waals surface area contributed by atoms with Gasteiger partial charge in [-0.3, -0.25) is 30.2 Å². The van der Waals surface area contributed by atoms with E-state index in [-0.39, 0.29) is 18.4 Å². The van der Waals surface area contributed by atoms with Crippen LogP contribution in [0.2, 0.25) is 0 Å². The Labute approximate surface area is 173 Å². The Hall–Kier alpha value is -3.81. The second-order valence-corrected chi connectivity index (χ2v) is 6.77. The SMILES string of the molecule is CCc1ccc(C(=O)NNC(=O)CCc2c(C)nc(-c3ccncc3)[nH]c2=O)cc1. The van der Waals surface area contributed by atoms with Gasteiger partial charge < -0.3 is 4.98 Å². The zero-order valence-electron chi connectivity index (χ0n) is 16.9. The number of amides is 2. The van der Waals surface area contributed by atoms with Crippen molar-refractivity contribution in [2.75, 3.05) is 0 Å². The number of hydrogen-bond acceptors (Lipinski definition) is 5. The molecule has 3 aromatic rings. The molecule has 8 heteroatoms. The van der Waals surface area contributed by atoms with Crippen molar-refractivity contribution in [1.82, 2.24) is 25.8 Å². The minimum absolute atomic E-state index is 0.0370. The predicted octanol–water partition coefficient (Wildman–Crippen LogP) is 2.10. The molecule has 8 nitrogen and oxygen atoms in total. The molecule has 0 unspecified atom stereocenters. The maximum Gasteiger partial charge on any atom is 0.269 e. The summed E-state index contributed by atoms with van der Waals surface area (Å²) in [6.45, 7) is 3.76. The molecule has 0 radical (unpaired) electrons. The summed E-state index contributed by atoms with van der Waals surface area (Å²) in [6.07, 6.45) is 4.37. The van der Waals surface area contributed by atoms with Crippen molar-refractivity contribution in [3.05, 3.63) is 81.5 Å². The molecule has 0 saturated heterocycles. The van der Waals surface area contributed by atoms with Crippen molar-refractivity contribution in [3.63, 3.8) is 0 Å². The molecule has 0 aliphatic carbocycles. The van der Waals surface area contributed by atoms with Gasteiger partial charge in [-0.15, -0.1) is 0 Å². The van der Waals surface area contributed by atoms with Gasteiger partial charge in [0.15, 0.2) is 0 Å². The maximum atomic E-state index is 12.4. The van der Waals surface area contributed by atoms with Crippen molar-refractivity contribution in [3.8, 4) is 11.4 Å². The third-order valence-electron chi connectivity index (χ3n) is 4.72. The highest BCUT2D eigenvalue weighted by atomic mass is 16.2. The van der Waals surface area contributed by atoms with Gasteiger partial charge in [-0.2, -0.15) is 0 Å². The molecule has 3 rings (SSSR count). The first-order valence-corrected chi connectivity index (χ1v) is 9.66. The first-order chi connectivity index (χ1) is 14.5. The zero-order chi connectivity index (χ0) is 21.5. The van der Waals surface area contributed by atoms with Gasteiger partial charge in [-0.1, -0.05) is 19.1 Å². The normalized spacial score (nSPS) is 10.5. The summed E-state index contributed by atoms with van der Waals surface area (Å²) in [6, 6.07) is 10.7. The van der Waals surface area contributed by atoms with Crippen LogP contribution in [0.4, 0.5) is 0 Å². The van der Waals surface area contributed by atoms with E-state index in [1.54, 1.807) is 43.6 Å². The fourth-order valence-corrected chi connectivity index (χ4v) is 2.94. The second kappa shape index (κ2) is 9.60. The molecule has 2 heterocycles. The number of nitrogens with zero attached hydrogens (tertiary/aromatic N) is 2. The number of benzene rings is 1. The molecule has 1 aromatic carbocycles. The molecule has 0 saturated carbocycles. The van der Waals surface area contributed by atoms with Gasteiger partial charge in [-0.25, -0.2) is 4.98 Å². The van der Waals surface area contributed by atoms with Crippen molar-refractivity contribution < 1.29 is 9.59 Å². The Morgan fingerprint density at radius 2 is 1.73 bits per heavy atom. The summed E-state index contributed by atoms with van der Waals surface area (Å²) >= 11 is 0. The van der Waals surface area contributed by atoms with E-state index >= 15 is 0 Å². The fraction of sp³-hybridized carbons (Fsp3) is 0.227. The van der Waals surface area contributed by atoms with Crippen molar-refractivity contribution in [1.29, 1.82) is 0 Å². The lowest BCUT2D eigenvalue weighted by Crippen LogP contribution is -2.41. The molecule has 2 aromatic heterocycles. The number of hydrazine groups is 1. The largest absolute Gasteiger partial charge is 0.306 e. The Kier molecular flexibility index (Phi) is 6.69. The third-order valence-corrected chi connectivity index (χ3v) is 4.72. The fourth-order valence-electron chi connectivity index (χ4n) is 2.94. The molecule has 0 atom stereocenters. The van der Waals surface area contributed by atoms with Crippen molar-refractivity contribution >= 4 is 11.8 Å². The molecule has 2 amide bonds. The number of carbonyl (C=O) groups is 2. The first-order valence-electron chi connectivity index (χ1n) is 9.66. The van der Waals surface area contributed by atoms with Gasteiger partial charge in [-0.05, 0) is 49.6 Å². The topological polar surface area (TPSA) is 117 Å². The molecule has 0 aliphatic rings. The summed E-state index contributed by atoms with van der Waals surface area (Å²) in [5.74, 6) is -0.344. The number of aryl methyl sites for hydroxylation is 2. The summed E-state index contributed by atoms with van der Waals surface area (Å²) in [5, 5.41) is 0. The lowest BCUT2D eigenvalue weighted by Gasteiger charge is -2.09. The van der Waals surface area contributed by atoms with Gasteiger partial charge in [0.2, 0.25) is 5.91 Å². The highest BCUT2D eigenvalue weighted by molar-refractivity contribution is 5.95. The molecule has 3 N–H and O–H groups in total. The van der Waals surface area contributed by atoms with Crippen LogP contribution in [0.15, 0.2) is 53.6 Å². The number of pyridine rings is 1. The summed E-state index contributed by atoms with van der Waals surface area (Å²) in [7, 11) is 0.